The Morgan fingerprint density at radius 1 is 1.22 bits per heavy atom. The van der Waals surface area contributed by atoms with Crippen LogP contribution < -0.4 is 3.61 Å². The molecule has 0 spiro atoms. The summed E-state index contributed by atoms with van der Waals surface area (Å²) >= 11 is -0.302. The maximum absolute atomic E-state index is 5.17. The van der Waals surface area contributed by atoms with Crippen molar-refractivity contribution in [2.45, 2.75) is 0 Å². The van der Waals surface area contributed by atoms with Crippen LogP contribution in [0.1, 0.15) is 0 Å². The van der Waals surface area contributed by atoms with E-state index in [2.05, 4.69) is 16.1 Å². The Kier molecular flexibility index (Phi) is 2.65. The standard InChI is InChI=1S/C8H6Te/c1-2-9-8-6-4-3-5-7-8/h1,3-7H. The van der Waals surface area contributed by atoms with E-state index in [1.807, 2.05) is 18.2 Å². The minimum atomic E-state index is -0.302. The number of rotatable bonds is 1. The van der Waals surface area contributed by atoms with Gasteiger partial charge in [0.15, 0.2) is 0 Å². The summed E-state index contributed by atoms with van der Waals surface area (Å²) in [5.41, 5.74) is 0. The second-order valence-electron chi connectivity index (χ2n) is 1.53. The molecule has 0 N–H and O–H groups in total. The quantitative estimate of drug-likeness (QED) is 0.489. The Morgan fingerprint density at radius 2 is 1.89 bits per heavy atom. The normalized spacial score (nSPS) is 8.33. The molecule has 1 aromatic rings. The first-order valence-corrected chi connectivity index (χ1v) is 4.94. The molecule has 0 atom stereocenters. The van der Waals surface area contributed by atoms with E-state index in [0.29, 0.717) is 0 Å². The summed E-state index contributed by atoms with van der Waals surface area (Å²) in [5.74, 6) is 0. The molecule has 0 unspecified atom stereocenters. The third kappa shape index (κ3) is 2.10. The van der Waals surface area contributed by atoms with Crippen molar-refractivity contribution in [3.05, 3.63) is 30.3 Å². The van der Waals surface area contributed by atoms with E-state index < -0.39 is 0 Å². The van der Waals surface area contributed by atoms with E-state index in [1.54, 1.807) is 0 Å². The summed E-state index contributed by atoms with van der Waals surface area (Å²) in [7, 11) is 0. The summed E-state index contributed by atoms with van der Waals surface area (Å²) < 4.78 is 4.05. The van der Waals surface area contributed by atoms with Gasteiger partial charge < -0.3 is 0 Å². The Morgan fingerprint density at radius 3 is 2.44 bits per heavy atom. The third-order valence-corrected chi connectivity index (χ3v) is 2.71. The van der Waals surface area contributed by atoms with Crippen molar-refractivity contribution in [2.24, 2.45) is 0 Å². The molecular weight excluding hydrogens is 224 g/mol. The van der Waals surface area contributed by atoms with Gasteiger partial charge in [-0.1, -0.05) is 0 Å². The van der Waals surface area contributed by atoms with Gasteiger partial charge in [0.25, 0.3) is 0 Å². The molecule has 0 fully saturated rings. The van der Waals surface area contributed by atoms with Crippen molar-refractivity contribution in [3.63, 3.8) is 0 Å². The Labute approximate surface area is 65.4 Å². The fourth-order valence-electron chi connectivity index (χ4n) is 0.557. The molecule has 0 nitrogen and oxygen atoms in total. The van der Waals surface area contributed by atoms with Gasteiger partial charge in [0.05, 0.1) is 0 Å². The van der Waals surface area contributed by atoms with Gasteiger partial charge in [-0.15, -0.1) is 0 Å². The molecular formula is C8H6Te. The summed E-state index contributed by atoms with van der Waals surface area (Å²) in [6.07, 6.45) is 5.17. The van der Waals surface area contributed by atoms with E-state index >= 15 is 0 Å². The van der Waals surface area contributed by atoms with Crippen LogP contribution in [-0.4, -0.2) is 20.9 Å². The first-order chi connectivity index (χ1) is 4.43. The predicted molar refractivity (Wildman–Crippen MR) is 40.7 cm³/mol. The zero-order valence-electron chi connectivity index (χ0n) is 4.87. The van der Waals surface area contributed by atoms with Gasteiger partial charge in [-0.05, 0) is 0 Å². The molecule has 0 saturated carbocycles. The first kappa shape index (κ1) is 6.69. The SMILES string of the molecule is C#C[Te]c1ccccc1. The molecule has 0 saturated heterocycles. The number of terminal acetylenes is 1. The summed E-state index contributed by atoms with van der Waals surface area (Å²) in [6.45, 7) is 0. The van der Waals surface area contributed by atoms with Gasteiger partial charge in [0.2, 0.25) is 0 Å². The first-order valence-electron chi connectivity index (χ1n) is 2.61. The average Bonchev–Trinajstić information content (AvgIpc) is 1.91. The minimum absolute atomic E-state index is 0.302. The molecule has 0 aliphatic rings. The predicted octanol–water partition coefficient (Wildman–Crippen LogP) is 0.607. The summed E-state index contributed by atoms with van der Waals surface area (Å²) in [5, 5.41) is 0. The summed E-state index contributed by atoms with van der Waals surface area (Å²) in [4.78, 5) is 0. The maximum atomic E-state index is 5.17. The second kappa shape index (κ2) is 3.57. The van der Waals surface area contributed by atoms with Crippen LogP contribution in [0.3, 0.4) is 0 Å². The molecule has 0 bridgehead atoms. The summed E-state index contributed by atoms with van der Waals surface area (Å²) in [6, 6.07) is 10.2. The molecule has 0 aliphatic carbocycles. The van der Waals surface area contributed by atoms with Gasteiger partial charge in [0.1, 0.15) is 0 Å². The van der Waals surface area contributed by atoms with Crippen molar-refractivity contribution in [1.29, 1.82) is 0 Å². The van der Waals surface area contributed by atoms with Gasteiger partial charge in [-0.25, -0.2) is 0 Å². The monoisotopic (exact) mass is 232 g/mol. The van der Waals surface area contributed by atoms with Crippen LogP contribution in [-0.2, 0) is 0 Å². The molecule has 1 aromatic carbocycles. The third-order valence-electron chi connectivity index (χ3n) is 0.920. The van der Waals surface area contributed by atoms with Crippen molar-refractivity contribution in [1.82, 2.24) is 0 Å². The van der Waals surface area contributed by atoms with Crippen LogP contribution in [0.2, 0.25) is 0 Å². The van der Waals surface area contributed by atoms with Gasteiger partial charge >= 0.3 is 65.3 Å². The number of benzene rings is 1. The van der Waals surface area contributed by atoms with Crippen LogP contribution in [0.25, 0.3) is 0 Å². The van der Waals surface area contributed by atoms with Crippen LogP contribution in [0.4, 0.5) is 0 Å². The fraction of sp³-hybridized carbons (Fsp3) is 0. The van der Waals surface area contributed by atoms with Crippen molar-refractivity contribution >= 4 is 24.5 Å². The number of hydrogen-bond acceptors (Lipinski definition) is 0. The van der Waals surface area contributed by atoms with Gasteiger partial charge in [-0.2, -0.15) is 0 Å². The van der Waals surface area contributed by atoms with Crippen molar-refractivity contribution < 1.29 is 0 Å². The average molecular weight is 230 g/mol. The van der Waals surface area contributed by atoms with Crippen molar-refractivity contribution in [2.75, 3.05) is 0 Å². The van der Waals surface area contributed by atoms with E-state index in [-0.39, 0.29) is 20.9 Å². The van der Waals surface area contributed by atoms with E-state index in [0.717, 1.165) is 0 Å². The second-order valence-corrected chi connectivity index (χ2v) is 4.13. The molecule has 9 heavy (non-hydrogen) atoms. The number of hydrogen-bond donors (Lipinski definition) is 0. The van der Waals surface area contributed by atoms with Crippen molar-refractivity contribution in [3.8, 4) is 10.4 Å². The van der Waals surface area contributed by atoms with Crippen LogP contribution in [0.15, 0.2) is 30.3 Å². The Hall–Kier alpha value is -0.430. The van der Waals surface area contributed by atoms with Crippen LogP contribution in [0, 0.1) is 10.4 Å². The molecule has 0 heterocycles. The van der Waals surface area contributed by atoms with E-state index in [9.17, 15) is 0 Å². The van der Waals surface area contributed by atoms with Gasteiger partial charge in [-0.3, -0.25) is 0 Å². The molecule has 0 radical (unpaired) electrons. The van der Waals surface area contributed by atoms with E-state index in [4.69, 9.17) is 6.42 Å². The van der Waals surface area contributed by atoms with Crippen LogP contribution in [0.5, 0.6) is 0 Å². The van der Waals surface area contributed by atoms with Gasteiger partial charge in [0, 0.05) is 0 Å². The van der Waals surface area contributed by atoms with E-state index in [1.165, 1.54) is 3.61 Å². The zero-order valence-corrected chi connectivity index (χ0v) is 7.20. The molecule has 0 aliphatic heterocycles. The molecule has 44 valence electrons. The Bertz CT molecular complexity index is 208. The molecule has 1 rings (SSSR count). The molecule has 1 heteroatoms. The fourth-order valence-corrected chi connectivity index (χ4v) is 1.78. The topological polar surface area (TPSA) is 0 Å². The molecule has 0 amide bonds. The van der Waals surface area contributed by atoms with Crippen LogP contribution >= 0.6 is 0 Å². The zero-order chi connectivity index (χ0) is 6.53. The molecule has 0 aromatic heterocycles. The Balaban J connectivity index is 2.76.